The van der Waals surface area contributed by atoms with E-state index in [9.17, 15) is 4.79 Å². The van der Waals surface area contributed by atoms with Crippen LogP contribution in [0.4, 0.5) is 0 Å². The highest BCUT2D eigenvalue weighted by Gasteiger charge is 2.05. The van der Waals surface area contributed by atoms with Crippen LogP contribution in [0.5, 0.6) is 5.75 Å². The zero-order chi connectivity index (χ0) is 15.1. The Bertz CT molecular complexity index is 630. The smallest absolute Gasteiger partial charge is 0.328 e. The molecule has 1 N–H and O–H groups in total. The molecular weight excluding hydrogens is 264 g/mol. The first-order valence-corrected chi connectivity index (χ1v) is 6.84. The van der Waals surface area contributed by atoms with Crippen molar-refractivity contribution < 1.29 is 14.6 Å². The van der Waals surface area contributed by atoms with Crippen LogP contribution in [0.1, 0.15) is 16.7 Å². The normalized spacial score (nSPS) is 10.7. The van der Waals surface area contributed by atoms with Gasteiger partial charge in [0, 0.05) is 18.1 Å². The van der Waals surface area contributed by atoms with E-state index in [1.54, 1.807) is 6.08 Å². The van der Waals surface area contributed by atoms with E-state index in [1.807, 2.05) is 43.3 Å². The van der Waals surface area contributed by atoms with Crippen LogP contribution in [0, 0.1) is 6.92 Å². The number of aliphatic carboxylic acids is 1. The number of rotatable bonds is 6. The van der Waals surface area contributed by atoms with Crippen LogP contribution >= 0.6 is 0 Å². The summed E-state index contributed by atoms with van der Waals surface area (Å²) < 4.78 is 5.86. The second-order valence-corrected chi connectivity index (χ2v) is 4.75. The fourth-order valence-corrected chi connectivity index (χ4v) is 2.08. The van der Waals surface area contributed by atoms with Gasteiger partial charge in [0.05, 0.1) is 6.61 Å². The topological polar surface area (TPSA) is 46.5 Å². The van der Waals surface area contributed by atoms with Gasteiger partial charge in [0.15, 0.2) is 0 Å². The van der Waals surface area contributed by atoms with Crippen LogP contribution in [0.25, 0.3) is 6.08 Å². The molecule has 0 aliphatic carbocycles. The molecule has 0 aliphatic heterocycles. The van der Waals surface area contributed by atoms with Crippen molar-refractivity contribution in [2.75, 3.05) is 6.61 Å². The van der Waals surface area contributed by atoms with E-state index < -0.39 is 5.97 Å². The molecule has 108 valence electrons. The number of benzene rings is 2. The molecule has 0 saturated heterocycles. The van der Waals surface area contributed by atoms with Crippen LogP contribution in [-0.2, 0) is 11.2 Å². The lowest BCUT2D eigenvalue weighted by molar-refractivity contribution is -0.131. The zero-order valence-electron chi connectivity index (χ0n) is 12.0. The Morgan fingerprint density at radius 1 is 1.14 bits per heavy atom. The van der Waals surface area contributed by atoms with E-state index in [4.69, 9.17) is 9.84 Å². The number of aryl methyl sites for hydroxylation is 1. The summed E-state index contributed by atoms with van der Waals surface area (Å²) in [6, 6.07) is 15.8. The van der Waals surface area contributed by atoms with Crippen molar-refractivity contribution in [3.05, 3.63) is 71.3 Å². The lowest BCUT2D eigenvalue weighted by atomic mass is 10.1. The van der Waals surface area contributed by atoms with Crippen molar-refractivity contribution >= 4 is 12.0 Å². The summed E-state index contributed by atoms with van der Waals surface area (Å²) in [5.41, 5.74) is 3.00. The molecule has 0 aromatic heterocycles. The minimum atomic E-state index is -0.966. The van der Waals surface area contributed by atoms with Gasteiger partial charge < -0.3 is 9.84 Å². The molecule has 0 unspecified atom stereocenters. The second kappa shape index (κ2) is 7.29. The highest BCUT2D eigenvalue weighted by molar-refractivity contribution is 5.86. The molecule has 0 fully saturated rings. The monoisotopic (exact) mass is 282 g/mol. The number of ether oxygens (including phenoxy) is 1. The molecule has 0 amide bonds. The molecule has 0 saturated carbocycles. The van der Waals surface area contributed by atoms with Gasteiger partial charge in [0.1, 0.15) is 5.75 Å². The lowest BCUT2D eigenvalue weighted by Crippen LogP contribution is -2.03. The zero-order valence-corrected chi connectivity index (χ0v) is 12.0. The van der Waals surface area contributed by atoms with Gasteiger partial charge in [-0.15, -0.1) is 0 Å². The average Bonchev–Trinajstić information content (AvgIpc) is 2.48. The summed E-state index contributed by atoms with van der Waals surface area (Å²) in [5, 5.41) is 8.73. The highest BCUT2D eigenvalue weighted by atomic mass is 16.5. The summed E-state index contributed by atoms with van der Waals surface area (Å²) in [5.74, 6) is -0.224. The Labute approximate surface area is 124 Å². The molecule has 0 bridgehead atoms. The minimum absolute atomic E-state index is 0.558. The first-order chi connectivity index (χ1) is 10.2. The molecule has 3 heteroatoms. The van der Waals surface area contributed by atoms with Gasteiger partial charge in [0.25, 0.3) is 0 Å². The van der Waals surface area contributed by atoms with E-state index in [0.29, 0.717) is 6.61 Å². The molecule has 0 spiro atoms. The maximum atomic E-state index is 10.6. The van der Waals surface area contributed by atoms with Crippen molar-refractivity contribution in [2.24, 2.45) is 0 Å². The van der Waals surface area contributed by atoms with Crippen LogP contribution in [0.3, 0.4) is 0 Å². The van der Waals surface area contributed by atoms with Crippen molar-refractivity contribution in [1.29, 1.82) is 0 Å². The molecule has 0 aliphatic rings. The van der Waals surface area contributed by atoms with Gasteiger partial charge in [0.2, 0.25) is 0 Å². The van der Waals surface area contributed by atoms with E-state index in [1.165, 1.54) is 5.56 Å². The van der Waals surface area contributed by atoms with Crippen LogP contribution in [-0.4, -0.2) is 17.7 Å². The third-order valence-corrected chi connectivity index (χ3v) is 3.13. The Morgan fingerprint density at radius 2 is 1.90 bits per heavy atom. The standard InChI is InChI=1S/C18H18O3/c1-14-6-5-9-16(10-11-17(19)20)18(14)21-13-12-15-7-3-2-4-8-15/h2-11H,12-13H2,1H3,(H,19,20)/b11-10+. The third kappa shape index (κ3) is 4.49. The molecule has 3 nitrogen and oxygen atoms in total. The molecule has 0 radical (unpaired) electrons. The first kappa shape index (κ1) is 14.9. The summed E-state index contributed by atoms with van der Waals surface area (Å²) in [6.45, 7) is 2.51. The number of carboxylic acids is 1. The first-order valence-electron chi connectivity index (χ1n) is 6.84. The number of carboxylic acid groups (broad SMARTS) is 1. The number of hydrogen-bond acceptors (Lipinski definition) is 2. The predicted molar refractivity (Wildman–Crippen MR) is 83.5 cm³/mol. The van der Waals surface area contributed by atoms with E-state index in [2.05, 4.69) is 12.1 Å². The molecule has 2 aromatic carbocycles. The van der Waals surface area contributed by atoms with Crippen LogP contribution in [0.2, 0.25) is 0 Å². The molecule has 2 rings (SSSR count). The van der Waals surface area contributed by atoms with Gasteiger partial charge in [-0.2, -0.15) is 0 Å². The molecular formula is C18H18O3. The SMILES string of the molecule is Cc1cccc(/C=C/C(=O)O)c1OCCc1ccccc1. The van der Waals surface area contributed by atoms with Gasteiger partial charge >= 0.3 is 5.97 Å². The lowest BCUT2D eigenvalue weighted by Gasteiger charge is -2.12. The largest absolute Gasteiger partial charge is 0.492 e. The maximum Gasteiger partial charge on any atom is 0.328 e. The van der Waals surface area contributed by atoms with E-state index >= 15 is 0 Å². The predicted octanol–water partition coefficient (Wildman–Crippen LogP) is 3.71. The fourth-order valence-electron chi connectivity index (χ4n) is 2.08. The van der Waals surface area contributed by atoms with Crippen molar-refractivity contribution in [1.82, 2.24) is 0 Å². The maximum absolute atomic E-state index is 10.6. The fraction of sp³-hybridized carbons (Fsp3) is 0.167. The van der Waals surface area contributed by atoms with E-state index in [0.717, 1.165) is 29.4 Å². The van der Waals surface area contributed by atoms with Gasteiger partial charge in [-0.25, -0.2) is 4.79 Å². The minimum Gasteiger partial charge on any atom is -0.492 e. The van der Waals surface area contributed by atoms with Crippen molar-refractivity contribution in [2.45, 2.75) is 13.3 Å². The molecule has 2 aromatic rings. The van der Waals surface area contributed by atoms with Gasteiger partial charge in [-0.3, -0.25) is 0 Å². The number of carbonyl (C=O) groups is 1. The van der Waals surface area contributed by atoms with Crippen LogP contribution < -0.4 is 4.74 Å². The quantitative estimate of drug-likeness (QED) is 0.821. The third-order valence-electron chi connectivity index (χ3n) is 3.13. The summed E-state index contributed by atoms with van der Waals surface area (Å²) >= 11 is 0. The van der Waals surface area contributed by atoms with Crippen molar-refractivity contribution in [3.8, 4) is 5.75 Å². The summed E-state index contributed by atoms with van der Waals surface area (Å²) in [6.07, 6.45) is 3.50. The highest BCUT2D eigenvalue weighted by Crippen LogP contribution is 2.24. The Morgan fingerprint density at radius 3 is 2.62 bits per heavy atom. The van der Waals surface area contributed by atoms with E-state index in [-0.39, 0.29) is 0 Å². The Hall–Kier alpha value is -2.55. The molecule has 0 heterocycles. The van der Waals surface area contributed by atoms with Crippen molar-refractivity contribution in [3.63, 3.8) is 0 Å². The average molecular weight is 282 g/mol. The second-order valence-electron chi connectivity index (χ2n) is 4.75. The number of para-hydroxylation sites is 1. The van der Waals surface area contributed by atoms with Crippen LogP contribution in [0.15, 0.2) is 54.6 Å². The van der Waals surface area contributed by atoms with Gasteiger partial charge in [-0.05, 0) is 24.1 Å². The molecule has 21 heavy (non-hydrogen) atoms. The summed E-state index contributed by atoms with van der Waals surface area (Å²) in [7, 11) is 0. The molecule has 0 atom stereocenters. The Kier molecular flexibility index (Phi) is 5.16. The summed E-state index contributed by atoms with van der Waals surface area (Å²) in [4.78, 5) is 10.6. The Balaban J connectivity index is 2.06. The van der Waals surface area contributed by atoms with Gasteiger partial charge in [-0.1, -0.05) is 48.5 Å². The number of hydrogen-bond donors (Lipinski definition) is 1.